The molecule has 1 atom stereocenters. The number of amides is 1. The third-order valence-corrected chi connectivity index (χ3v) is 7.89. The van der Waals surface area contributed by atoms with Crippen molar-refractivity contribution in [2.24, 2.45) is 0 Å². The summed E-state index contributed by atoms with van der Waals surface area (Å²) in [4.78, 5) is 19.7. The Kier molecular flexibility index (Phi) is 6.57. The molecule has 6 rings (SSSR count). The van der Waals surface area contributed by atoms with Gasteiger partial charge < -0.3 is 15.0 Å². The van der Waals surface area contributed by atoms with Crippen molar-refractivity contribution in [1.82, 2.24) is 4.98 Å². The number of para-hydroxylation sites is 1. The monoisotopic (exact) mass is 515 g/mol. The lowest BCUT2D eigenvalue weighted by atomic mass is 9.96. The van der Waals surface area contributed by atoms with E-state index < -0.39 is 6.09 Å². The van der Waals surface area contributed by atoms with Gasteiger partial charge in [-0.2, -0.15) is 0 Å². The number of H-pyrrole nitrogens is 1. The Labute approximate surface area is 229 Å². The molecular weight excluding hydrogens is 482 g/mol. The Morgan fingerprint density at radius 1 is 0.923 bits per heavy atom. The second-order valence-corrected chi connectivity index (χ2v) is 10.6. The van der Waals surface area contributed by atoms with E-state index in [4.69, 9.17) is 0 Å². The van der Waals surface area contributed by atoms with Crippen molar-refractivity contribution in [2.75, 3.05) is 16.3 Å². The molecule has 0 bridgehead atoms. The molecule has 196 valence electrons. The Morgan fingerprint density at radius 2 is 1.64 bits per heavy atom. The van der Waals surface area contributed by atoms with E-state index in [-0.39, 0.29) is 6.04 Å². The highest BCUT2D eigenvalue weighted by Crippen LogP contribution is 2.41. The average molecular weight is 516 g/mol. The van der Waals surface area contributed by atoms with Gasteiger partial charge in [-0.15, -0.1) is 0 Å². The summed E-state index contributed by atoms with van der Waals surface area (Å²) < 4.78 is 0. The highest BCUT2D eigenvalue weighted by molar-refractivity contribution is 5.95. The summed E-state index contributed by atoms with van der Waals surface area (Å²) >= 11 is 0. The van der Waals surface area contributed by atoms with Crippen LogP contribution < -0.4 is 9.80 Å². The van der Waals surface area contributed by atoms with Gasteiger partial charge in [-0.25, -0.2) is 9.69 Å². The summed E-state index contributed by atoms with van der Waals surface area (Å²) in [5.41, 5.74) is 8.58. The van der Waals surface area contributed by atoms with E-state index in [0.29, 0.717) is 17.3 Å². The second kappa shape index (κ2) is 10.3. The van der Waals surface area contributed by atoms with Gasteiger partial charge in [0.1, 0.15) is 0 Å². The molecule has 1 aliphatic heterocycles. The van der Waals surface area contributed by atoms with Gasteiger partial charge in [0.05, 0.1) is 17.4 Å². The lowest BCUT2D eigenvalue weighted by Gasteiger charge is -2.31. The molecular formula is C34H33N3O2. The summed E-state index contributed by atoms with van der Waals surface area (Å²) in [6, 6.07) is 33.2. The fourth-order valence-corrected chi connectivity index (χ4v) is 5.85. The highest BCUT2D eigenvalue weighted by Gasteiger charge is 2.30. The highest BCUT2D eigenvalue weighted by atomic mass is 16.4. The number of carboxylic acid groups (broad SMARTS) is 1. The third kappa shape index (κ3) is 4.76. The van der Waals surface area contributed by atoms with Gasteiger partial charge in [-0.05, 0) is 71.8 Å². The van der Waals surface area contributed by atoms with E-state index in [9.17, 15) is 9.90 Å². The minimum absolute atomic E-state index is 0.148. The molecule has 2 N–H and O–H groups in total. The van der Waals surface area contributed by atoms with Crippen molar-refractivity contribution in [3.8, 4) is 0 Å². The first-order valence-electron chi connectivity index (χ1n) is 13.6. The standard InChI is InChI=1S/C34H33N3O2/c1-23(2)25-12-14-27(15-13-25)37(34(38)39)28-16-17-32-26(21-28)18-19-36(32)33(20-24-8-4-3-5-9-24)30-22-35-31-11-7-6-10-29(30)31/h3-17,21-23,33,35H,18-20H2,1-2H3,(H,38,39). The zero-order valence-corrected chi connectivity index (χ0v) is 22.3. The van der Waals surface area contributed by atoms with Gasteiger partial charge in [-0.1, -0.05) is 74.5 Å². The van der Waals surface area contributed by atoms with Crippen LogP contribution in [0.25, 0.3) is 10.9 Å². The number of benzene rings is 4. The van der Waals surface area contributed by atoms with Crippen LogP contribution in [0.5, 0.6) is 0 Å². The topological polar surface area (TPSA) is 59.6 Å². The van der Waals surface area contributed by atoms with E-state index in [2.05, 4.69) is 96.7 Å². The summed E-state index contributed by atoms with van der Waals surface area (Å²) in [5.74, 6) is 0.393. The van der Waals surface area contributed by atoms with Crippen LogP contribution in [0.2, 0.25) is 0 Å². The van der Waals surface area contributed by atoms with Crippen molar-refractivity contribution in [3.63, 3.8) is 0 Å². The van der Waals surface area contributed by atoms with E-state index in [0.717, 1.165) is 24.9 Å². The van der Waals surface area contributed by atoms with Gasteiger partial charge in [0.25, 0.3) is 0 Å². The van der Waals surface area contributed by atoms with Crippen LogP contribution in [-0.4, -0.2) is 22.7 Å². The smallest absolute Gasteiger partial charge is 0.416 e. The molecule has 0 saturated heterocycles. The number of nitrogens with one attached hydrogen (secondary N) is 1. The number of aromatic amines is 1. The zero-order valence-electron chi connectivity index (χ0n) is 22.3. The molecule has 1 amide bonds. The first-order chi connectivity index (χ1) is 19.0. The van der Waals surface area contributed by atoms with E-state index in [1.807, 2.05) is 30.3 Å². The zero-order chi connectivity index (χ0) is 26.9. The van der Waals surface area contributed by atoms with E-state index >= 15 is 0 Å². The number of fused-ring (bicyclic) bond motifs is 2. The van der Waals surface area contributed by atoms with Crippen LogP contribution in [0.15, 0.2) is 103 Å². The van der Waals surface area contributed by atoms with Crippen molar-refractivity contribution < 1.29 is 9.90 Å². The predicted molar refractivity (Wildman–Crippen MR) is 159 cm³/mol. The van der Waals surface area contributed by atoms with Crippen LogP contribution in [0, 0.1) is 0 Å². The number of aromatic nitrogens is 1. The van der Waals surface area contributed by atoms with Gasteiger partial charge in [-0.3, -0.25) is 0 Å². The molecule has 1 aromatic heterocycles. The first-order valence-corrected chi connectivity index (χ1v) is 13.6. The summed E-state index contributed by atoms with van der Waals surface area (Å²) in [6.45, 7) is 5.15. The molecule has 5 aromatic rings. The molecule has 5 nitrogen and oxygen atoms in total. The SMILES string of the molecule is CC(C)c1ccc(N(C(=O)O)c2ccc3c(c2)CCN3C(Cc2ccccc2)c2c[nH]c3ccccc23)cc1. The van der Waals surface area contributed by atoms with Gasteiger partial charge >= 0.3 is 6.09 Å². The predicted octanol–water partition coefficient (Wildman–Crippen LogP) is 8.45. The number of nitrogens with zero attached hydrogens (tertiary/aromatic N) is 2. The summed E-state index contributed by atoms with van der Waals surface area (Å²) in [6.07, 6.45) is 2.92. The van der Waals surface area contributed by atoms with Crippen LogP contribution in [0.1, 0.15) is 48.1 Å². The van der Waals surface area contributed by atoms with E-state index in [1.165, 1.54) is 38.2 Å². The summed E-state index contributed by atoms with van der Waals surface area (Å²) in [5, 5.41) is 11.4. The van der Waals surface area contributed by atoms with Crippen LogP contribution in [0.4, 0.5) is 21.9 Å². The largest absolute Gasteiger partial charge is 0.464 e. The molecule has 1 unspecified atom stereocenters. The number of anilines is 3. The number of hydrogen-bond donors (Lipinski definition) is 2. The second-order valence-electron chi connectivity index (χ2n) is 10.6. The number of hydrogen-bond acceptors (Lipinski definition) is 2. The molecule has 4 aromatic carbocycles. The lowest BCUT2D eigenvalue weighted by molar-refractivity contribution is 0.205. The maximum atomic E-state index is 12.4. The molecule has 0 fully saturated rings. The van der Waals surface area contributed by atoms with Crippen molar-refractivity contribution >= 4 is 34.1 Å². The van der Waals surface area contributed by atoms with E-state index in [1.54, 1.807) is 0 Å². The van der Waals surface area contributed by atoms with Crippen molar-refractivity contribution in [2.45, 2.75) is 38.6 Å². The third-order valence-electron chi connectivity index (χ3n) is 7.89. The molecule has 2 heterocycles. The van der Waals surface area contributed by atoms with Crippen LogP contribution in [0.3, 0.4) is 0 Å². The molecule has 0 saturated carbocycles. The normalized spacial score (nSPS) is 13.6. The summed E-state index contributed by atoms with van der Waals surface area (Å²) in [7, 11) is 0. The van der Waals surface area contributed by atoms with Crippen LogP contribution >= 0.6 is 0 Å². The van der Waals surface area contributed by atoms with Gasteiger partial charge in [0.15, 0.2) is 0 Å². The fourth-order valence-electron chi connectivity index (χ4n) is 5.85. The lowest BCUT2D eigenvalue weighted by Crippen LogP contribution is -2.28. The molecule has 0 radical (unpaired) electrons. The molecule has 39 heavy (non-hydrogen) atoms. The van der Waals surface area contributed by atoms with Gasteiger partial charge in [0.2, 0.25) is 0 Å². The van der Waals surface area contributed by atoms with Crippen molar-refractivity contribution in [1.29, 1.82) is 0 Å². The maximum absolute atomic E-state index is 12.4. The first kappa shape index (κ1) is 24.8. The fraction of sp³-hybridized carbons (Fsp3) is 0.206. The minimum Gasteiger partial charge on any atom is -0.464 e. The molecule has 1 aliphatic rings. The Hall–Kier alpha value is -4.51. The van der Waals surface area contributed by atoms with Crippen molar-refractivity contribution in [3.05, 3.63) is 126 Å². The Balaban J connectivity index is 1.37. The van der Waals surface area contributed by atoms with Gasteiger partial charge in [0, 0.05) is 34.9 Å². The molecule has 5 heteroatoms. The Bertz CT molecular complexity index is 1610. The molecule has 0 spiro atoms. The maximum Gasteiger partial charge on any atom is 0.416 e. The average Bonchev–Trinajstić information content (AvgIpc) is 3.57. The number of carbonyl (C=O) groups is 1. The number of rotatable bonds is 7. The quantitative estimate of drug-likeness (QED) is 0.229. The molecule has 0 aliphatic carbocycles. The minimum atomic E-state index is -0.983. The Morgan fingerprint density at radius 3 is 2.38 bits per heavy atom. The van der Waals surface area contributed by atoms with Crippen LogP contribution in [-0.2, 0) is 12.8 Å².